The summed E-state index contributed by atoms with van der Waals surface area (Å²) in [6.07, 6.45) is 7.09. The monoisotopic (exact) mass is 212 g/mol. The van der Waals surface area contributed by atoms with E-state index >= 15 is 0 Å². The summed E-state index contributed by atoms with van der Waals surface area (Å²) in [5.41, 5.74) is 0. The van der Waals surface area contributed by atoms with Crippen molar-refractivity contribution in [3.63, 3.8) is 0 Å². The Morgan fingerprint density at radius 1 is 1.20 bits per heavy atom. The molecule has 0 unspecified atom stereocenters. The number of hydrogen-bond donors (Lipinski definition) is 1. The highest BCUT2D eigenvalue weighted by atomic mass is 16.5. The molecule has 0 aliphatic carbocycles. The zero-order chi connectivity index (χ0) is 10.3. The van der Waals surface area contributed by atoms with E-state index < -0.39 is 0 Å². The van der Waals surface area contributed by atoms with E-state index in [1.807, 2.05) is 0 Å². The van der Waals surface area contributed by atoms with Crippen LogP contribution in [0.1, 0.15) is 32.1 Å². The van der Waals surface area contributed by atoms with Crippen molar-refractivity contribution in [1.82, 2.24) is 10.2 Å². The highest BCUT2D eigenvalue weighted by molar-refractivity contribution is 4.69. The van der Waals surface area contributed by atoms with Gasteiger partial charge in [0.05, 0.1) is 6.10 Å². The number of rotatable bonds is 6. The van der Waals surface area contributed by atoms with E-state index in [1.54, 1.807) is 0 Å². The number of nitrogens with one attached hydrogen (secondary N) is 1. The first-order valence-electron chi connectivity index (χ1n) is 6.50. The van der Waals surface area contributed by atoms with Crippen LogP contribution in [0.4, 0.5) is 0 Å². The van der Waals surface area contributed by atoms with Gasteiger partial charge in [0.1, 0.15) is 0 Å². The summed E-state index contributed by atoms with van der Waals surface area (Å²) in [6.45, 7) is 7.10. The molecule has 15 heavy (non-hydrogen) atoms. The molecule has 2 aliphatic heterocycles. The van der Waals surface area contributed by atoms with E-state index in [-0.39, 0.29) is 0 Å². The van der Waals surface area contributed by atoms with Crippen molar-refractivity contribution in [3.05, 3.63) is 0 Å². The van der Waals surface area contributed by atoms with E-state index in [4.69, 9.17) is 4.74 Å². The first-order chi connectivity index (χ1) is 7.45. The number of ether oxygens (including phenoxy) is 1. The maximum atomic E-state index is 5.56. The molecule has 3 heteroatoms. The van der Waals surface area contributed by atoms with E-state index in [9.17, 15) is 0 Å². The van der Waals surface area contributed by atoms with Gasteiger partial charge < -0.3 is 15.0 Å². The zero-order valence-electron chi connectivity index (χ0n) is 9.71. The third-order valence-corrected chi connectivity index (χ3v) is 3.42. The Bertz CT molecular complexity index is 145. The van der Waals surface area contributed by atoms with Gasteiger partial charge in [0.2, 0.25) is 0 Å². The summed E-state index contributed by atoms with van der Waals surface area (Å²) in [5, 5.41) is 3.50. The van der Waals surface area contributed by atoms with Crippen molar-refractivity contribution in [3.8, 4) is 0 Å². The molecule has 3 nitrogen and oxygen atoms in total. The highest BCUT2D eigenvalue weighted by Gasteiger charge is 2.14. The van der Waals surface area contributed by atoms with Crippen LogP contribution in [-0.4, -0.2) is 50.3 Å². The number of nitrogens with zero attached hydrogens (tertiary/aromatic N) is 1. The SMILES string of the molecule is C1CO[C@H](CNCCCN2CCCC2)C1. The molecule has 1 atom stereocenters. The zero-order valence-corrected chi connectivity index (χ0v) is 9.71. The Labute approximate surface area is 93.2 Å². The third kappa shape index (κ3) is 4.09. The van der Waals surface area contributed by atoms with Gasteiger partial charge in [-0.3, -0.25) is 0 Å². The molecule has 0 spiro atoms. The molecule has 2 aliphatic rings. The second-order valence-electron chi connectivity index (χ2n) is 4.74. The van der Waals surface area contributed by atoms with E-state index in [1.165, 1.54) is 51.7 Å². The van der Waals surface area contributed by atoms with Crippen LogP contribution in [0, 0.1) is 0 Å². The summed E-state index contributed by atoms with van der Waals surface area (Å²) in [7, 11) is 0. The minimum atomic E-state index is 0.497. The van der Waals surface area contributed by atoms with E-state index in [0.717, 1.165) is 19.7 Å². The van der Waals surface area contributed by atoms with Crippen LogP contribution < -0.4 is 5.32 Å². The highest BCUT2D eigenvalue weighted by Crippen LogP contribution is 2.10. The van der Waals surface area contributed by atoms with Gasteiger partial charge in [-0.25, -0.2) is 0 Å². The molecule has 0 saturated carbocycles. The van der Waals surface area contributed by atoms with Crippen LogP contribution in [0.25, 0.3) is 0 Å². The summed E-state index contributed by atoms with van der Waals surface area (Å²) < 4.78 is 5.56. The van der Waals surface area contributed by atoms with E-state index in [0.29, 0.717) is 6.10 Å². The normalized spacial score (nSPS) is 27.6. The Morgan fingerprint density at radius 2 is 2.07 bits per heavy atom. The molecule has 2 fully saturated rings. The molecule has 0 aromatic heterocycles. The standard InChI is InChI=1S/C12H24N2O/c1-2-8-14(7-1)9-4-6-13-11-12-5-3-10-15-12/h12-13H,1-11H2/t12-/m0/s1. The molecule has 1 N–H and O–H groups in total. The lowest BCUT2D eigenvalue weighted by atomic mass is 10.2. The van der Waals surface area contributed by atoms with Crippen LogP contribution in [0.5, 0.6) is 0 Å². The molecule has 0 amide bonds. The third-order valence-electron chi connectivity index (χ3n) is 3.42. The van der Waals surface area contributed by atoms with Crippen LogP contribution in [0.3, 0.4) is 0 Å². The molecular formula is C12H24N2O. The van der Waals surface area contributed by atoms with Gasteiger partial charge >= 0.3 is 0 Å². The summed E-state index contributed by atoms with van der Waals surface area (Å²) in [5.74, 6) is 0. The molecule has 2 saturated heterocycles. The van der Waals surface area contributed by atoms with Gasteiger partial charge in [0.15, 0.2) is 0 Å². The van der Waals surface area contributed by atoms with Crippen molar-refractivity contribution < 1.29 is 4.74 Å². The lowest BCUT2D eigenvalue weighted by molar-refractivity contribution is 0.110. The van der Waals surface area contributed by atoms with Crippen LogP contribution in [0.15, 0.2) is 0 Å². The summed E-state index contributed by atoms with van der Waals surface area (Å²) >= 11 is 0. The molecule has 88 valence electrons. The van der Waals surface area contributed by atoms with Crippen molar-refractivity contribution in [2.75, 3.05) is 39.3 Å². The van der Waals surface area contributed by atoms with Gasteiger partial charge in [0.25, 0.3) is 0 Å². The molecule has 0 radical (unpaired) electrons. The number of likely N-dealkylation sites (tertiary alicyclic amines) is 1. The Kier molecular flexibility index (Phi) is 4.90. The maximum Gasteiger partial charge on any atom is 0.0700 e. The first kappa shape index (κ1) is 11.4. The second kappa shape index (κ2) is 6.46. The largest absolute Gasteiger partial charge is 0.377 e. The van der Waals surface area contributed by atoms with Crippen LogP contribution >= 0.6 is 0 Å². The lowest BCUT2D eigenvalue weighted by Crippen LogP contribution is -2.29. The van der Waals surface area contributed by atoms with Crippen LogP contribution in [0.2, 0.25) is 0 Å². The average molecular weight is 212 g/mol. The smallest absolute Gasteiger partial charge is 0.0700 e. The second-order valence-corrected chi connectivity index (χ2v) is 4.74. The van der Waals surface area contributed by atoms with Crippen LogP contribution in [-0.2, 0) is 4.74 Å². The Morgan fingerprint density at radius 3 is 2.80 bits per heavy atom. The topological polar surface area (TPSA) is 24.5 Å². The fourth-order valence-electron chi connectivity index (χ4n) is 2.50. The van der Waals surface area contributed by atoms with Gasteiger partial charge in [-0.1, -0.05) is 0 Å². The van der Waals surface area contributed by atoms with Crippen molar-refractivity contribution >= 4 is 0 Å². The Balaban J connectivity index is 1.41. The van der Waals surface area contributed by atoms with Crippen molar-refractivity contribution in [2.24, 2.45) is 0 Å². The Hall–Kier alpha value is -0.120. The number of hydrogen-bond acceptors (Lipinski definition) is 3. The van der Waals surface area contributed by atoms with Crippen molar-refractivity contribution in [1.29, 1.82) is 0 Å². The molecule has 0 bridgehead atoms. The fourth-order valence-corrected chi connectivity index (χ4v) is 2.50. The quantitative estimate of drug-likeness (QED) is 0.670. The lowest BCUT2D eigenvalue weighted by Gasteiger charge is -2.15. The predicted molar refractivity (Wildman–Crippen MR) is 62.1 cm³/mol. The van der Waals surface area contributed by atoms with Crippen molar-refractivity contribution in [2.45, 2.75) is 38.2 Å². The molecule has 2 rings (SSSR count). The average Bonchev–Trinajstić information content (AvgIpc) is 2.88. The maximum absolute atomic E-state index is 5.56. The van der Waals surface area contributed by atoms with Gasteiger partial charge in [-0.05, 0) is 58.3 Å². The fraction of sp³-hybridized carbons (Fsp3) is 1.00. The molecular weight excluding hydrogens is 188 g/mol. The van der Waals surface area contributed by atoms with Gasteiger partial charge in [-0.2, -0.15) is 0 Å². The van der Waals surface area contributed by atoms with E-state index in [2.05, 4.69) is 10.2 Å². The van der Waals surface area contributed by atoms with Gasteiger partial charge in [-0.15, -0.1) is 0 Å². The summed E-state index contributed by atoms with van der Waals surface area (Å²) in [4.78, 5) is 2.58. The van der Waals surface area contributed by atoms with Gasteiger partial charge in [0, 0.05) is 13.2 Å². The molecule has 2 heterocycles. The molecule has 0 aromatic rings. The first-order valence-corrected chi connectivity index (χ1v) is 6.50. The summed E-state index contributed by atoms with van der Waals surface area (Å²) in [6, 6.07) is 0. The minimum absolute atomic E-state index is 0.497. The predicted octanol–water partition coefficient (Wildman–Crippen LogP) is 1.24. The minimum Gasteiger partial charge on any atom is -0.377 e. The molecule has 0 aromatic carbocycles.